The first-order valence-corrected chi connectivity index (χ1v) is 8.73. The molecule has 0 unspecified atom stereocenters. The summed E-state index contributed by atoms with van der Waals surface area (Å²) in [4.78, 5) is 29.8. The number of fused-ring (bicyclic) bond motifs is 1. The SMILES string of the molecule is O=c1c2sccc2n(CC2CCC2)c(=O)n1Cc1ccccn1. The van der Waals surface area contributed by atoms with E-state index in [0.29, 0.717) is 17.2 Å². The van der Waals surface area contributed by atoms with Gasteiger partial charge in [0.1, 0.15) is 4.70 Å². The van der Waals surface area contributed by atoms with Gasteiger partial charge in [-0.15, -0.1) is 11.3 Å². The molecular weight excluding hydrogens is 310 g/mol. The predicted molar refractivity (Wildman–Crippen MR) is 91.0 cm³/mol. The van der Waals surface area contributed by atoms with Crippen molar-refractivity contribution in [2.75, 3.05) is 0 Å². The van der Waals surface area contributed by atoms with E-state index in [1.807, 2.05) is 29.6 Å². The van der Waals surface area contributed by atoms with E-state index in [9.17, 15) is 9.59 Å². The van der Waals surface area contributed by atoms with Gasteiger partial charge in [0, 0.05) is 12.7 Å². The average Bonchev–Trinajstić information content (AvgIpc) is 3.00. The van der Waals surface area contributed by atoms with Gasteiger partial charge in [0.15, 0.2) is 0 Å². The van der Waals surface area contributed by atoms with Crippen LogP contribution < -0.4 is 11.2 Å². The first kappa shape index (κ1) is 14.4. The van der Waals surface area contributed by atoms with Crippen molar-refractivity contribution in [2.45, 2.75) is 32.4 Å². The molecule has 4 rings (SSSR count). The van der Waals surface area contributed by atoms with Gasteiger partial charge >= 0.3 is 5.69 Å². The maximum atomic E-state index is 12.9. The summed E-state index contributed by atoms with van der Waals surface area (Å²) in [6, 6.07) is 7.40. The third-order valence-corrected chi connectivity index (χ3v) is 5.44. The first-order chi connectivity index (χ1) is 11.2. The molecule has 1 aliphatic rings. The Morgan fingerprint density at radius 2 is 2.04 bits per heavy atom. The second-order valence-electron chi connectivity index (χ2n) is 6.04. The Bertz CT molecular complexity index is 951. The second kappa shape index (κ2) is 5.77. The Kier molecular flexibility index (Phi) is 3.61. The van der Waals surface area contributed by atoms with E-state index in [4.69, 9.17) is 0 Å². The van der Waals surface area contributed by atoms with Crippen LogP contribution in [0.5, 0.6) is 0 Å². The summed E-state index contributed by atoms with van der Waals surface area (Å²) in [7, 11) is 0. The molecule has 23 heavy (non-hydrogen) atoms. The van der Waals surface area contributed by atoms with Gasteiger partial charge in [-0.05, 0) is 42.3 Å². The van der Waals surface area contributed by atoms with E-state index in [0.717, 1.165) is 24.1 Å². The molecule has 0 saturated heterocycles. The quantitative estimate of drug-likeness (QED) is 0.740. The first-order valence-electron chi connectivity index (χ1n) is 7.85. The summed E-state index contributed by atoms with van der Waals surface area (Å²) in [5, 5.41) is 1.88. The van der Waals surface area contributed by atoms with Crippen LogP contribution in [0.4, 0.5) is 0 Å². The Labute approximate surface area is 136 Å². The van der Waals surface area contributed by atoms with Crippen molar-refractivity contribution in [3.8, 4) is 0 Å². The molecule has 0 spiro atoms. The standard InChI is InChI=1S/C17H17N3O2S/c21-16-15-14(7-9-23-15)19(10-12-4-3-5-12)17(22)20(16)11-13-6-1-2-8-18-13/h1-2,6-9,12H,3-5,10-11H2. The Hall–Kier alpha value is -2.21. The number of nitrogens with zero attached hydrogens (tertiary/aromatic N) is 3. The lowest BCUT2D eigenvalue weighted by molar-refractivity contribution is 0.274. The summed E-state index contributed by atoms with van der Waals surface area (Å²) < 4.78 is 3.75. The van der Waals surface area contributed by atoms with Crippen LogP contribution in [-0.4, -0.2) is 14.1 Å². The molecule has 0 aliphatic heterocycles. The van der Waals surface area contributed by atoms with E-state index in [1.54, 1.807) is 10.8 Å². The number of hydrogen-bond acceptors (Lipinski definition) is 4. The van der Waals surface area contributed by atoms with Crippen LogP contribution >= 0.6 is 11.3 Å². The predicted octanol–water partition coefficient (Wildman–Crippen LogP) is 2.47. The van der Waals surface area contributed by atoms with Crippen LogP contribution in [-0.2, 0) is 13.1 Å². The summed E-state index contributed by atoms with van der Waals surface area (Å²) in [6.07, 6.45) is 5.24. The third-order valence-electron chi connectivity index (χ3n) is 4.55. The summed E-state index contributed by atoms with van der Waals surface area (Å²) in [5.41, 5.74) is 1.06. The fourth-order valence-electron chi connectivity index (χ4n) is 3.04. The van der Waals surface area contributed by atoms with Crippen LogP contribution in [0.15, 0.2) is 45.4 Å². The van der Waals surface area contributed by atoms with Crippen molar-refractivity contribution >= 4 is 21.6 Å². The zero-order valence-corrected chi connectivity index (χ0v) is 13.5. The molecule has 0 atom stereocenters. The van der Waals surface area contributed by atoms with E-state index in [-0.39, 0.29) is 17.8 Å². The highest BCUT2D eigenvalue weighted by molar-refractivity contribution is 7.17. The number of rotatable bonds is 4. The van der Waals surface area contributed by atoms with E-state index in [2.05, 4.69) is 4.98 Å². The average molecular weight is 327 g/mol. The molecule has 0 amide bonds. The third kappa shape index (κ3) is 2.53. The van der Waals surface area contributed by atoms with Crippen LogP contribution in [0.1, 0.15) is 25.0 Å². The molecule has 5 nitrogen and oxygen atoms in total. The molecule has 0 bridgehead atoms. The van der Waals surface area contributed by atoms with Gasteiger partial charge in [-0.1, -0.05) is 12.5 Å². The smallest absolute Gasteiger partial charge is 0.292 e. The van der Waals surface area contributed by atoms with Gasteiger partial charge in [0.05, 0.1) is 17.8 Å². The minimum atomic E-state index is -0.224. The number of aromatic nitrogens is 3. The number of pyridine rings is 1. The molecule has 118 valence electrons. The second-order valence-corrected chi connectivity index (χ2v) is 6.95. The van der Waals surface area contributed by atoms with Crippen molar-refractivity contribution in [3.63, 3.8) is 0 Å². The molecule has 3 heterocycles. The molecule has 3 aromatic heterocycles. The van der Waals surface area contributed by atoms with Gasteiger partial charge in [-0.25, -0.2) is 4.79 Å². The van der Waals surface area contributed by atoms with Gasteiger partial charge in [0.25, 0.3) is 5.56 Å². The van der Waals surface area contributed by atoms with E-state index < -0.39 is 0 Å². The Morgan fingerprint density at radius 3 is 2.74 bits per heavy atom. The van der Waals surface area contributed by atoms with Crippen LogP contribution in [0.25, 0.3) is 10.2 Å². The van der Waals surface area contributed by atoms with Gasteiger partial charge in [-0.3, -0.25) is 18.9 Å². The number of thiophene rings is 1. The van der Waals surface area contributed by atoms with Crippen molar-refractivity contribution < 1.29 is 0 Å². The molecular formula is C17H17N3O2S. The number of hydrogen-bond donors (Lipinski definition) is 0. The molecule has 1 fully saturated rings. The molecule has 6 heteroatoms. The van der Waals surface area contributed by atoms with Gasteiger partial charge in [0.2, 0.25) is 0 Å². The van der Waals surface area contributed by atoms with Crippen molar-refractivity contribution in [1.82, 2.24) is 14.1 Å². The van der Waals surface area contributed by atoms with Gasteiger partial charge < -0.3 is 0 Å². The molecule has 0 radical (unpaired) electrons. The zero-order chi connectivity index (χ0) is 15.8. The topological polar surface area (TPSA) is 56.9 Å². The largest absolute Gasteiger partial charge is 0.331 e. The highest BCUT2D eigenvalue weighted by Gasteiger charge is 2.22. The lowest BCUT2D eigenvalue weighted by Crippen LogP contribution is -2.41. The fraction of sp³-hybridized carbons (Fsp3) is 0.353. The van der Waals surface area contributed by atoms with Crippen molar-refractivity contribution in [2.24, 2.45) is 5.92 Å². The molecule has 0 N–H and O–H groups in total. The zero-order valence-electron chi connectivity index (χ0n) is 12.6. The molecule has 0 aromatic carbocycles. The van der Waals surface area contributed by atoms with Crippen molar-refractivity contribution in [3.05, 3.63) is 62.4 Å². The summed E-state index contributed by atoms with van der Waals surface area (Å²) >= 11 is 1.40. The Morgan fingerprint density at radius 1 is 1.17 bits per heavy atom. The maximum absolute atomic E-state index is 12.9. The molecule has 1 saturated carbocycles. The highest BCUT2D eigenvalue weighted by atomic mass is 32.1. The van der Waals surface area contributed by atoms with E-state index in [1.165, 1.54) is 22.3 Å². The lowest BCUT2D eigenvalue weighted by Gasteiger charge is -2.26. The van der Waals surface area contributed by atoms with Crippen molar-refractivity contribution in [1.29, 1.82) is 0 Å². The monoisotopic (exact) mass is 327 g/mol. The van der Waals surface area contributed by atoms with Crippen LogP contribution in [0.3, 0.4) is 0 Å². The van der Waals surface area contributed by atoms with E-state index >= 15 is 0 Å². The molecule has 3 aromatic rings. The normalized spacial score (nSPS) is 15.0. The Balaban J connectivity index is 1.86. The minimum absolute atomic E-state index is 0.212. The highest BCUT2D eigenvalue weighted by Crippen LogP contribution is 2.28. The lowest BCUT2D eigenvalue weighted by atomic mass is 9.85. The maximum Gasteiger partial charge on any atom is 0.331 e. The van der Waals surface area contributed by atoms with Gasteiger partial charge in [-0.2, -0.15) is 0 Å². The fourth-order valence-corrected chi connectivity index (χ4v) is 3.88. The summed E-state index contributed by atoms with van der Waals surface area (Å²) in [6.45, 7) is 0.922. The summed E-state index contributed by atoms with van der Waals surface area (Å²) in [5.74, 6) is 0.552. The van der Waals surface area contributed by atoms with Crippen LogP contribution in [0, 0.1) is 5.92 Å². The molecule has 1 aliphatic carbocycles. The van der Waals surface area contributed by atoms with Crippen LogP contribution in [0.2, 0.25) is 0 Å². The minimum Gasteiger partial charge on any atom is -0.292 e.